The molecule has 1 atom stereocenters. The summed E-state index contributed by atoms with van der Waals surface area (Å²) in [4.78, 5) is 0. The van der Waals surface area contributed by atoms with Crippen LogP contribution in [0.25, 0.3) is 16.7 Å². The number of aliphatic hydroxyl groups excluding tert-OH is 1. The number of halogens is 2. The van der Waals surface area contributed by atoms with Crippen LogP contribution in [-0.2, 0) is 0 Å². The van der Waals surface area contributed by atoms with Gasteiger partial charge in [0.1, 0.15) is 28.8 Å². The molecule has 0 fully saturated rings. The van der Waals surface area contributed by atoms with E-state index in [0.29, 0.717) is 23.8 Å². The quantitative estimate of drug-likeness (QED) is 0.0750. The summed E-state index contributed by atoms with van der Waals surface area (Å²) in [6.07, 6.45) is 4.96. The van der Waals surface area contributed by atoms with Gasteiger partial charge in [0.15, 0.2) is 0 Å². The molecule has 0 aromatic heterocycles. The molecule has 38 heavy (non-hydrogen) atoms. The molecule has 0 saturated heterocycles. The van der Waals surface area contributed by atoms with Crippen molar-refractivity contribution in [1.82, 2.24) is 0 Å². The zero-order valence-corrected chi connectivity index (χ0v) is 24.3. The fourth-order valence-corrected chi connectivity index (χ4v) is 5.95. The van der Waals surface area contributed by atoms with Gasteiger partial charge in [-0.25, -0.2) is 0 Å². The third-order valence-electron chi connectivity index (χ3n) is 6.01. The number of hydrogen-bond donors (Lipinski definition) is 5. The zero-order valence-electron chi connectivity index (χ0n) is 20.0. The normalized spacial score (nSPS) is 12.8. The zero-order chi connectivity index (χ0) is 27.4. The van der Waals surface area contributed by atoms with E-state index in [1.807, 2.05) is 45.2 Å². The molecule has 7 heteroatoms. The average molecular weight is 730 g/mol. The Morgan fingerprint density at radius 1 is 0.737 bits per heavy atom. The highest BCUT2D eigenvalue weighted by Gasteiger charge is 2.25. The predicted molar refractivity (Wildman–Crippen MR) is 168 cm³/mol. The van der Waals surface area contributed by atoms with E-state index in [1.165, 1.54) is 0 Å². The van der Waals surface area contributed by atoms with Gasteiger partial charge in [-0.3, -0.25) is 0 Å². The highest BCUT2D eigenvalue weighted by molar-refractivity contribution is 14.1. The second kappa shape index (κ2) is 12.0. The van der Waals surface area contributed by atoms with Gasteiger partial charge in [0.2, 0.25) is 0 Å². The molecule has 5 nitrogen and oxygen atoms in total. The molecule has 0 heterocycles. The van der Waals surface area contributed by atoms with Gasteiger partial charge in [-0.05, 0) is 128 Å². The SMILES string of the molecule is C=C/C=C(\C=C(/O)C(c1cc(I)c(O)c(I)c1)c1cc(-c2ccc(O)cc2)ccc1O)c1ccc(O)cc1. The van der Waals surface area contributed by atoms with Crippen molar-refractivity contribution in [3.8, 4) is 34.1 Å². The highest BCUT2D eigenvalue weighted by atomic mass is 127. The summed E-state index contributed by atoms with van der Waals surface area (Å²) in [6.45, 7) is 3.79. The van der Waals surface area contributed by atoms with Crippen LogP contribution < -0.4 is 0 Å². The Balaban J connectivity index is 1.92. The van der Waals surface area contributed by atoms with Crippen molar-refractivity contribution in [3.05, 3.63) is 133 Å². The van der Waals surface area contributed by atoms with Crippen molar-refractivity contribution in [2.45, 2.75) is 5.92 Å². The largest absolute Gasteiger partial charge is 0.511 e. The van der Waals surface area contributed by atoms with Crippen LogP contribution in [0.5, 0.6) is 23.0 Å². The van der Waals surface area contributed by atoms with Gasteiger partial charge in [0, 0.05) is 5.56 Å². The number of hydrogen-bond acceptors (Lipinski definition) is 5. The minimum Gasteiger partial charge on any atom is -0.511 e. The van der Waals surface area contributed by atoms with Gasteiger partial charge in [-0.15, -0.1) is 0 Å². The Kier molecular flexibility index (Phi) is 8.68. The summed E-state index contributed by atoms with van der Waals surface area (Å²) in [5.41, 5.74) is 4.17. The van der Waals surface area contributed by atoms with Crippen molar-refractivity contribution in [3.63, 3.8) is 0 Å². The second-order valence-corrected chi connectivity index (χ2v) is 10.9. The monoisotopic (exact) mass is 730 g/mol. The summed E-state index contributed by atoms with van der Waals surface area (Å²) in [5.74, 6) is -0.399. The first-order valence-corrected chi connectivity index (χ1v) is 13.7. The van der Waals surface area contributed by atoms with Gasteiger partial charge in [-0.1, -0.05) is 49.1 Å². The summed E-state index contributed by atoms with van der Waals surface area (Å²) >= 11 is 4.08. The number of phenols is 4. The Morgan fingerprint density at radius 2 is 1.29 bits per heavy atom. The molecule has 4 rings (SSSR count). The molecule has 0 amide bonds. The lowest BCUT2D eigenvalue weighted by molar-refractivity contribution is 0.376. The van der Waals surface area contributed by atoms with Gasteiger partial charge in [-0.2, -0.15) is 0 Å². The third-order valence-corrected chi connectivity index (χ3v) is 7.65. The molecule has 1 unspecified atom stereocenters. The van der Waals surface area contributed by atoms with Crippen molar-refractivity contribution >= 4 is 50.8 Å². The van der Waals surface area contributed by atoms with E-state index >= 15 is 0 Å². The summed E-state index contributed by atoms with van der Waals surface area (Å²) < 4.78 is 1.22. The Hall–Kier alpha value is -3.44. The van der Waals surface area contributed by atoms with Crippen LogP contribution in [0.4, 0.5) is 0 Å². The maximum atomic E-state index is 11.6. The topological polar surface area (TPSA) is 101 Å². The molecule has 5 N–H and O–H groups in total. The lowest BCUT2D eigenvalue weighted by Crippen LogP contribution is -2.07. The van der Waals surface area contributed by atoms with Crippen molar-refractivity contribution in [2.75, 3.05) is 0 Å². The molecule has 0 radical (unpaired) electrons. The van der Waals surface area contributed by atoms with Crippen LogP contribution in [-0.4, -0.2) is 25.5 Å². The van der Waals surface area contributed by atoms with Crippen LogP contribution in [0.3, 0.4) is 0 Å². The maximum Gasteiger partial charge on any atom is 0.142 e. The minimum absolute atomic E-state index is 0.00514. The molecule has 0 aliphatic rings. The van der Waals surface area contributed by atoms with Crippen molar-refractivity contribution in [1.29, 1.82) is 0 Å². The average Bonchev–Trinajstić information content (AvgIpc) is 2.89. The fraction of sp³-hybridized carbons (Fsp3) is 0.0323. The molecule has 4 aromatic carbocycles. The number of allylic oxidation sites excluding steroid dienone is 5. The summed E-state index contributed by atoms with van der Waals surface area (Å²) in [6, 6.07) is 22.0. The van der Waals surface area contributed by atoms with Crippen molar-refractivity contribution < 1.29 is 25.5 Å². The van der Waals surface area contributed by atoms with Gasteiger partial charge in [0.05, 0.1) is 13.1 Å². The lowest BCUT2D eigenvalue weighted by atomic mass is 9.86. The van der Waals surface area contributed by atoms with Crippen LogP contribution in [0.2, 0.25) is 0 Å². The van der Waals surface area contributed by atoms with Gasteiger partial charge < -0.3 is 25.5 Å². The van der Waals surface area contributed by atoms with Crippen LogP contribution in [0, 0.1) is 7.14 Å². The first kappa shape index (κ1) is 27.6. The minimum atomic E-state index is -0.778. The molecule has 0 saturated carbocycles. The molecule has 192 valence electrons. The maximum absolute atomic E-state index is 11.6. The van der Waals surface area contributed by atoms with E-state index in [9.17, 15) is 25.5 Å². The lowest BCUT2D eigenvalue weighted by Gasteiger charge is -2.21. The number of aliphatic hydroxyl groups is 1. The van der Waals surface area contributed by atoms with E-state index in [2.05, 4.69) is 6.58 Å². The number of aromatic hydroxyl groups is 4. The van der Waals surface area contributed by atoms with Crippen LogP contribution >= 0.6 is 45.2 Å². The summed E-state index contributed by atoms with van der Waals surface area (Å²) in [7, 11) is 0. The Labute approximate surface area is 248 Å². The van der Waals surface area contributed by atoms with E-state index in [-0.39, 0.29) is 28.8 Å². The molecule has 0 spiro atoms. The van der Waals surface area contributed by atoms with Crippen molar-refractivity contribution in [2.24, 2.45) is 0 Å². The van der Waals surface area contributed by atoms with Gasteiger partial charge >= 0.3 is 0 Å². The number of phenolic OH excluding ortho intramolecular Hbond substituents is 4. The van der Waals surface area contributed by atoms with E-state index in [0.717, 1.165) is 16.7 Å². The Bertz CT molecular complexity index is 1520. The predicted octanol–water partition coefficient (Wildman–Crippen LogP) is 8.23. The molecule has 4 aromatic rings. The van der Waals surface area contributed by atoms with Gasteiger partial charge in [0.25, 0.3) is 0 Å². The molecular weight excluding hydrogens is 706 g/mol. The molecular formula is C31H24I2O5. The smallest absolute Gasteiger partial charge is 0.142 e. The van der Waals surface area contributed by atoms with Crippen LogP contribution in [0.15, 0.2) is 109 Å². The van der Waals surface area contributed by atoms with E-state index in [1.54, 1.807) is 97.1 Å². The molecule has 0 bridgehead atoms. The third kappa shape index (κ3) is 6.16. The molecule has 0 aliphatic heterocycles. The first-order valence-electron chi connectivity index (χ1n) is 11.5. The standard InChI is InChI=1S/C31H24I2O5/c1-2-3-20(18-4-9-23(34)10-5-18)17-29(37)30(22-15-26(32)31(38)27(33)16-22)25-14-21(8-13-28(25)36)19-6-11-24(35)12-7-19/h2-17,30,34-38H,1H2/b20-3+,29-17-. The Morgan fingerprint density at radius 3 is 1.87 bits per heavy atom. The number of benzene rings is 4. The van der Waals surface area contributed by atoms with E-state index in [4.69, 9.17) is 0 Å². The highest BCUT2D eigenvalue weighted by Crippen LogP contribution is 2.41. The number of rotatable bonds is 7. The fourth-order valence-electron chi connectivity index (χ4n) is 4.13. The van der Waals surface area contributed by atoms with Crippen LogP contribution in [0.1, 0.15) is 22.6 Å². The summed E-state index contributed by atoms with van der Waals surface area (Å²) in [5, 5.41) is 52.4. The van der Waals surface area contributed by atoms with E-state index < -0.39 is 5.92 Å². The molecule has 0 aliphatic carbocycles. The first-order chi connectivity index (χ1) is 18.2. The second-order valence-electron chi connectivity index (χ2n) is 8.56.